The Balaban J connectivity index is 2.09. The number of ketones is 1. The molecule has 122 valence electrons. The molecule has 24 heavy (non-hydrogen) atoms. The second kappa shape index (κ2) is 6.75. The fourth-order valence-electron chi connectivity index (χ4n) is 3.10. The fraction of sp³-hybridized carbons (Fsp3) is 0.190. The predicted molar refractivity (Wildman–Crippen MR) is 96.2 cm³/mol. The van der Waals surface area contributed by atoms with Crippen molar-refractivity contribution in [1.82, 2.24) is 0 Å². The maximum Gasteiger partial charge on any atom is 0.168 e. The molecule has 3 rings (SSSR count). The summed E-state index contributed by atoms with van der Waals surface area (Å²) in [7, 11) is 3.28. The average Bonchev–Trinajstić information content (AvgIpc) is 2.89. The van der Waals surface area contributed by atoms with Gasteiger partial charge in [-0.25, -0.2) is 0 Å². The minimum Gasteiger partial charge on any atom is -0.496 e. The van der Waals surface area contributed by atoms with Crippen LogP contribution < -0.4 is 9.47 Å². The molecule has 0 fully saturated rings. The minimum atomic E-state index is 0.123. The van der Waals surface area contributed by atoms with Crippen molar-refractivity contribution in [3.63, 3.8) is 0 Å². The number of ether oxygens (including phenoxy) is 2. The van der Waals surface area contributed by atoms with Crippen molar-refractivity contribution >= 4 is 17.4 Å². The number of methoxy groups -OCH3 is 2. The van der Waals surface area contributed by atoms with Gasteiger partial charge in [0.05, 0.1) is 14.2 Å². The van der Waals surface area contributed by atoms with E-state index in [0.717, 1.165) is 39.3 Å². The number of hydrogen-bond donors (Lipinski definition) is 0. The maximum atomic E-state index is 12.6. The molecule has 3 heteroatoms. The van der Waals surface area contributed by atoms with Crippen LogP contribution in [0.4, 0.5) is 0 Å². The highest BCUT2D eigenvalue weighted by Crippen LogP contribution is 2.39. The molecule has 1 aliphatic rings. The Bertz CT molecular complexity index is 844. The van der Waals surface area contributed by atoms with Crippen molar-refractivity contribution < 1.29 is 14.3 Å². The molecule has 0 atom stereocenters. The van der Waals surface area contributed by atoms with Gasteiger partial charge in [-0.05, 0) is 36.3 Å². The van der Waals surface area contributed by atoms with Gasteiger partial charge in [0.25, 0.3) is 0 Å². The number of rotatable bonds is 4. The largest absolute Gasteiger partial charge is 0.496 e. The lowest BCUT2D eigenvalue weighted by atomic mass is 10.00. The summed E-state index contributed by atoms with van der Waals surface area (Å²) in [5.74, 6) is 1.65. The van der Waals surface area contributed by atoms with Gasteiger partial charge in [0.2, 0.25) is 0 Å². The lowest BCUT2D eigenvalue weighted by Crippen LogP contribution is -1.98. The standard InChI is InChI=1S/C21H20O3/c1-14-16(12-15-8-4-6-10-19(15)23-2)13-18(22)21(14)17-9-5-7-11-20(17)24-3/h4-12H,13H2,1-3H3/b16-12-. The molecule has 0 saturated carbocycles. The van der Waals surface area contributed by atoms with Crippen LogP contribution in [0.3, 0.4) is 0 Å². The van der Waals surface area contributed by atoms with Crippen LogP contribution in [0, 0.1) is 0 Å². The van der Waals surface area contributed by atoms with E-state index in [2.05, 4.69) is 0 Å². The Morgan fingerprint density at radius 1 is 0.917 bits per heavy atom. The fourth-order valence-corrected chi connectivity index (χ4v) is 3.10. The van der Waals surface area contributed by atoms with Crippen molar-refractivity contribution in [2.24, 2.45) is 0 Å². The van der Waals surface area contributed by atoms with Gasteiger partial charge in [-0.1, -0.05) is 36.4 Å². The summed E-state index contributed by atoms with van der Waals surface area (Å²) >= 11 is 0. The van der Waals surface area contributed by atoms with E-state index in [1.807, 2.05) is 61.5 Å². The van der Waals surface area contributed by atoms with Gasteiger partial charge in [-0.2, -0.15) is 0 Å². The topological polar surface area (TPSA) is 35.5 Å². The number of allylic oxidation sites excluding steroid dienone is 3. The van der Waals surface area contributed by atoms with Crippen LogP contribution >= 0.6 is 0 Å². The van der Waals surface area contributed by atoms with Gasteiger partial charge in [0.1, 0.15) is 11.5 Å². The molecular formula is C21H20O3. The van der Waals surface area contributed by atoms with Gasteiger partial charge >= 0.3 is 0 Å². The number of benzene rings is 2. The molecule has 0 bridgehead atoms. The number of hydrogen-bond acceptors (Lipinski definition) is 3. The predicted octanol–water partition coefficient (Wildman–Crippen LogP) is 4.53. The first-order valence-corrected chi connectivity index (χ1v) is 7.87. The summed E-state index contributed by atoms with van der Waals surface area (Å²) in [6.45, 7) is 1.99. The zero-order valence-corrected chi connectivity index (χ0v) is 14.1. The van der Waals surface area contributed by atoms with Crippen LogP contribution in [0.2, 0.25) is 0 Å². The molecule has 1 aliphatic carbocycles. The number of carbonyl (C=O) groups excluding carboxylic acids is 1. The maximum absolute atomic E-state index is 12.6. The highest BCUT2D eigenvalue weighted by molar-refractivity contribution is 6.27. The molecule has 3 nitrogen and oxygen atoms in total. The van der Waals surface area contributed by atoms with Crippen LogP contribution in [0.5, 0.6) is 11.5 Å². The monoisotopic (exact) mass is 320 g/mol. The second-order valence-corrected chi connectivity index (χ2v) is 5.71. The Morgan fingerprint density at radius 2 is 1.54 bits per heavy atom. The molecule has 2 aromatic carbocycles. The van der Waals surface area contributed by atoms with E-state index in [-0.39, 0.29) is 5.78 Å². The van der Waals surface area contributed by atoms with Crippen LogP contribution in [0.15, 0.2) is 59.7 Å². The van der Waals surface area contributed by atoms with Crippen LogP contribution in [0.1, 0.15) is 24.5 Å². The van der Waals surface area contributed by atoms with Crippen LogP contribution in [-0.4, -0.2) is 20.0 Å². The van der Waals surface area contributed by atoms with Crippen molar-refractivity contribution in [3.05, 3.63) is 70.8 Å². The second-order valence-electron chi connectivity index (χ2n) is 5.71. The van der Waals surface area contributed by atoms with Crippen molar-refractivity contribution in [2.75, 3.05) is 14.2 Å². The third-order valence-electron chi connectivity index (χ3n) is 4.33. The van der Waals surface area contributed by atoms with Crippen LogP contribution in [0.25, 0.3) is 11.6 Å². The third kappa shape index (κ3) is 2.85. The molecule has 2 aromatic rings. The molecule has 0 radical (unpaired) electrons. The number of carbonyl (C=O) groups is 1. The molecule has 0 spiro atoms. The van der Waals surface area contributed by atoms with Gasteiger partial charge in [-0.15, -0.1) is 0 Å². The van der Waals surface area contributed by atoms with E-state index >= 15 is 0 Å². The van der Waals surface area contributed by atoms with E-state index in [1.165, 1.54) is 0 Å². The van der Waals surface area contributed by atoms with Crippen molar-refractivity contribution in [2.45, 2.75) is 13.3 Å². The smallest absolute Gasteiger partial charge is 0.168 e. The zero-order chi connectivity index (χ0) is 17.1. The summed E-state index contributed by atoms with van der Waals surface area (Å²) in [5, 5.41) is 0. The van der Waals surface area contributed by atoms with Gasteiger partial charge in [0.15, 0.2) is 5.78 Å². The summed E-state index contributed by atoms with van der Waals surface area (Å²) < 4.78 is 10.8. The highest BCUT2D eigenvalue weighted by Gasteiger charge is 2.27. The van der Waals surface area contributed by atoms with E-state index in [0.29, 0.717) is 6.42 Å². The number of para-hydroxylation sites is 2. The molecule has 0 saturated heterocycles. The van der Waals surface area contributed by atoms with Crippen molar-refractivity contribution in [1.29, 1.82) is 0 Å². The molecule has 0 heterocycles. The number of Topliss-reactive ketones (excluding diaryl/α,β-unsaturated/α-hetero) is 1. The first-order chi connectivity index (χ1) is 11.7. The van der Waals surface area contributed by atoms with E-state index in [4.69, 9.17) is 9.47 Å². The molecular weight excluding hydrogens is 300 g/mol. The highest BCUT2D eigenvalue weighted by atomic mass is 16.5. The zero-order valence-electron chi connectivity index (χ0n) is 14.1. The van der Waals surface area contributed by atoms with E-state index < -0.39 is 0 Å². The molecule has 0 unspecified atom stereocenters. The minimum absolute atomic E-state index is 0.123. The third-order valence-corrected chi connectivity index (χ3v) is 4.33. The molecule has 0 aromatic heterocycles. The lowest BCUT2D eigenvalue weighted by Gasteiger charge is -2.09. The summed E-state index contributed by atoms with van der Waals surface area (Å²) in [6, 6.07) is 15.5. The van der Waals surface area contributed by atoms with Crippen molar-refractivity contribution in [3.8, 4) is 11.5 Å². The first kappa shape index (κ1) is 16.1. The average molecular weight is 320 g/mol. The quantitative estimate of drug-likeness (QED) is 0.830. The van der Waals surface area contributed by atoms with Crippen LogP contribution in [-0.2, 0) is 4.79 Å². The summed E-state index contributed by atoms with van der Waals surface area (Å²) in [6.07, 6.45) is 2.44. The Hall–Kier alpha value is -2.81. The van der Waals surface area contributed by atoms with E-state index in [1.54, 1.807) is 14.2 Å². The molecule has 0 N–H and O–H groups in total. The van der Waals surface area contributed by atoms with Gasteiger partial charge < -0.3 is 9.47 Å². The molecule has 0 aliphatic heterocycles. The summed E-state index contributed by atoms with van der Waals surface area (Å²) in [4.78, 5) is 12.6. The first-order valence-electron chi connectivity index (χ1n) is 7.87. The lowest BCUT2D eigenvalue weighted by molar-refractivity contribution is -0.112. The Morgan fingerprint density at radius 3 is 2.25 bits per heavy atom. The SMILES string of the molecule is COc1ccccc1/C=C1/CC(=O)C(c2ccccc2OC)=C1C. The Labute approximate surface area is 142 Å². The molecule has 0 amide bonds. The van der Waals surface area contributed by atoms with Gasteiger partial charge in [0, 0.05) is 23.1 Å². The van der Waals surface area contributed by atoms with E-state index in [9.17, 15) is 4.79 Å². The Kier molecular flexibility index (Phi) is 4.52. The van der Waals surface area contributed by atoms with Gasteiger partial charge in [-0.3, -0.25) is 4.79 Å². The summed E-state index contributed by atoms with van der Waals surface area (Å²) in [5.41, 5.74) is 4.59. The normalized spacial score (nSPS) is 16.0.